The minimum Gasteiger partial charge on any atom is -0.496 e. The topological polar surface area (TPSA) is 112 Å². The summed E-state index contributed by atoms with van der Waals surface area (Å²) in [7, 11) is 3.38. The molecule has 0 bridgehead atoms. The molecule has 9 heteroatoms. The molecule has 30 heavy (non-hydrogen) atoms. The van der Waals surface area contributed by atoms with Crippen LogP contribution in [0.2, 0.25) is 0 Å². The van der Waals surface area contributed by atoms with E-state index >= 15 is 0 Å². The van der Waals surface area contributed by atoms with E-state index in [0.29, 0.717) is 19.0 Å². The number of nitrogens with zero attached hydrogens (tertiary/aromatic N) is 4. The van der Waals surface area contributed by atoms with E-state index in [0.717, 1.165) is 60.4 Å². The Kier molecular flexibility index (Phi) is 7.81. The predicted molar refractivity (Wildman–Crippen MR) is 119 cm³/mol. The minimum atomic E-state index is 0.240. The summed E-state index contributed by atoms with van der Waals surface area (Å²) in [4.78, 5) is 8.72. The van der Waals surface area contributed by atoms with Gasteiger partial charge in [-0.3, -0.25) is 4.68 Å². The summed E-state index contributed by atoms with van der Waals surface area (Å²) in [6.07, 6.45) is 3.87. The number of unbranched alkanes of at least 4 members (excludes halogenated alkanes) is 1. The molecule has 0 aliphatic carbocycles. The number of rotatable bonds is 12. The van der Waals surface area contributed by atoms with Crippen molar-refractivity contribution >= 4 is 22.8 Å². The van der Waals surface area contributed by atoms with Crippen LogP contribution in [0, 0.1) is 0 Å². The van der Waals surface area contributed by atoms with Gasteiger partial charge in [0.15, 0.2) is 5.82 Å². The molecule has 0 spiro atoms. The van der Waals surface area contributed by atoms with Crippen molar-refractivity contribution < 1.29 is 9.47 Å². The Morgan fingerprint density at radius 1 is 1.17 bits per heavy atom. The van der Waals surface area contributed by atoms with Crippen molar-refractivity contribution in [1.82, 2.24) is 25.1 Å². The van der Waals surface area contributed by atoms with E-state index in [4.69, 9.17) is 15.2 Å². The first kappa shape index (κ1) is 21.8. The first-order valence-electron chi connectivity index (χ1n) is 10.2. The van der Waals surface area contributed by atoms with Crippen molar-refractivity contribution in [2.45, 2.75) is 32.9 Å². The molecule has 0 amide bonds. The number of hydrogen-bond acceptors (Lipinski definition) is 8. The number of hydrogen-bond donors (Lipinski definition) is 3. The van der Waals surface area contributed by atoms with Crippen LogP contribution in [0.1, 0.15) is 30.9 Å². The summed E-state index contributed by atoms with van der Waals surface area (Å²) in [6.45, 7) is 5.75. The van der Waals surface area contributed by atoms with Gasteiger partial charge in [-0.2, -0.15) is 10.1 Å². The number of aromatic nitrogens is 4. The van der Waals surface area contributed by atoms with Crippen LogP contribution in [0.25, 0.3) is 11.0 Å². The summed E-state index contributed by atoms with van der Waals surface area (Å²) >= 11 is 0. The van der Waals surface area contributed by atoms with E-state index in [1.54, 1.807) is 20.4 Å². The van der Waals surface area contributed by atoms with Crippen LogP contribution < -0.4 is 21.1 Å². The van der Waals surface area contributed by atoms with Crippen molar-refractivity contribution in [1.29, 1.82) is 0 Å². The SMILES string of the molecule is CCCCNc1nc(N)nc2cnn(Cc3ccc(CNCCOC)cc3OC)c12. The van der Waals surface area contributed by atoms with Crippen LogP contribution in [0.4, 0.5) is 11.8 Å². The van der Waals surface area contributed by atoms with Crippen LogP contribution in [-0.2, 0) is 17.8 Å². The standard InChI is InChI=1S/C21H31N7O2/c1-4-5-8-24-20-19-17(26-21(22)27-20)13-25-28(19)14-16-7-6-15(11-18(16)30-3)12-23-9-10-29-2/h6-7,11,13,23H,4-5,8-10,12,14H2,1-3H3,(H3,22,24,26,27). The van der Waals surface area contributed by atoms with Crippen molar-refractivity contribution in [3.8, 4) is 5.75 Å². The Morgan fingerprint density at radius 2 is 2.03 bits per heavy atom. The van der Waals surface area contributed by atoms with Crippen molar-refractivity contribution in [3.63, 3.8) is 0 Å². The fraction of sp³-hybridized carbons (Fsp3) is 0.476. The summed E-state index contributed by atoms with van der Waals surface area (Å²) in [6, 6.07) is 6.22. The number of fused-ring (bicyclic) bond motifs is 1. The zero-order valence-electron chi connectivity index (χ0n) is 17.9. The monoisotopic (exact) mass is 413 g/mol. The van der Waals surface area contributed by atoms with Gasteiger partial charge in [-0.05, 0) is 18.1 Å². The molecule has 0 saturated carbocycles. The maximum atomic E-state index is 5.88. The molecule has 0 saturated heterocycles. The fourth-order valence-electron chi connectivity index (χ4n) is 3.24. The maximum absolute atomic E-state index is 5.88. The number of methoxy groups -OCH3 is 2. The van der Waals surface area contributed by atoms with Gasteiger partial charge in [-0.15, -0.1) is 0 Å². The number of nitrogens with one attached hydrogen (secondary N) is 2. The van der Waals surface area contributed by atoms with Gasteiger partial charge in [-0.1, -0.05) is 25.5 Å². The second-order valence-corrected chi connectivity index (χ2v) is 7.06. The van der Waals surface area contributed by atoms with Crippen LogP contribution in [0.3, 0.4) is 0 Å². The molecule has 2 aromatic heterocycles. The molecule has 0 aliphatic rings. The molecule has 2 heterocycles. The van der Waals surface area contributed by atoms with Gasteiger partial charge in [0.2, 0.25) is 5.95 Å². The highest BCUT2D eigenvalue weighted by Crippen LogP contribution is 2.26. The number of ether oxygens (including phenoxy) is 2. The quantitative estimate of drug-likeness (QED) is 0.388. The van der Waals surface area contributed by atoms with Gasteiger partial charge in [0, 0.05) is 32.3 Å². The number of anilines is 2. The summed E-state index contributed by atoms with van der Waals surface area (Å²) in [5.41, 5.74) is 9.62. The van der Waals surface area contributed by atoms with E-state index in [2.05, 4.69) is 50.8 Å². The second kappa shape index (κ2) is 10.7. The Bertz CT molecular complexity index is 958. The van der Waals surface area contributed by atoms with E-state index < -0.39 is 0 Å². The third kappa shape index (κ3) is 5.37. The van der Waals surface area contributed by atoms with Crippen LogP contribution in [-0.4, -0.2) is 53.7 Å². The lowest BCUT2D eigenvalue weighted by atomic mass is 10.1. The zero-order chi connectivity index (χ0) is 21.3. The molecular formula is C21H31N7O2. The lowest BCUT2D eigenvalue weighted by molar-refractivity contribution is 0.199. The van der Waals surface area contributed by atoms with Gasteiger partial charge >= 0.3 is 0 Å². The van der Waals surface area contributed by atoms with Gasteiger partial charge < -0.3 is 25.8 Å². The van der Waals surface area contributed by atoms with Gasteiger partial charge in [0.05, 0.1) is 26.5 Å². The normalized spacial score (nSPS) is 11.2. The molecule has 0 radical (unpaired) electrons. The summed E-state index contributed by atoms with van der Waals surface area (Å²) in [5, 5.41) is 11.2. The lowest BCUT2D eigenvalue weighted by Crippen LogP contribution is -2.18. The van der Waals surface area contributed by atoms with Crippen molar-refractivity contribution in [3.05, 3.63) is 35.5 Å². The van der Waals surface area contributed by atoms with Gasteiger partial charge in [-0.25, -0.2) is 4.98 Å². The third-order valence-electron chi connectivity index (χ3n) is 4.81. The minimum absolute atomic E-state index is 0.240. The van der Waals surface area contributed by atoms with E-state index in [1.165, 1.54) is 0 Å². The van der Waals surface area contributed by atoms with Crippen LogP contribution >= 0.6 is 0 Å². The first-order valence-corrected chi connectivity index (χ1v) is 10.2. The van der Waals surface area contributed by atoms with Crippen LogP contribution in [0.5, 0.6) is 5.75 Å². The molecule has 0 fully saturated rings. The summed E-state index contributed by atoms with van der Waals surface area (Å²) < 4.78 is 12.6. The molecule has 3 aromatic rings. The molecule has 0 unspecified atom stereocenters. The van der Waals surface area contributed by atoms with Crippen molar-refractivity contribution in [2.75, 3.05) is 45.0 Å². The van der Waals surface area contributed by atoms with Gasteiger partial charge in [0.1, 0.15) is 16.8 Å². The fourth-order valence-corrected chi connectivity index (χ4v) is 3.24. The van der Waals surface area contributed by atoms with E-state index in [1.807, 2.05) is 4.68 Å². The van der Waals surface area contributed by atoms with Crippen molar-refractivity contribution in [2.24, 2.45) is 0 Å². The highest BCUT2D eigenvalue weighted by Gasteiger charge is 2.14. The predicted octanol–water partition coefficient (Wildman–Crippen LogP) is 2.41. The average molecular weight is 414 g/mol. The molecule has 1 aromatic carbocycles. The second-order valence-electron chi connectivity index (χ2n) is 7.06. The zero-order valence-corrected chi connectivity index (χ0v) is 17.9. The van der Waals surface area contributed by atoms with E-state index in [9.17, 15) is 0 Å². The molecule has 0 aliphatic heterocycles. The number of nitrogens with two attached hydrogens (primary N) is 1. The van der Waals surface area contributed by atoms with Gasteiger partial charge in [0.25, 0.3) is 0 Å². The molecule has 162 valence electrons. The number of benzene rings is 1. The summed E-state index contributed by atoms with van der Waals surface area (Å²) in [5.74, 6) is 1.77. The molecule has 0 atom stereocenters. The lowest BCUT2D eigenvalue weighted by Gasteiger charge is -2.13. The molecule has 9 nitrogen and oxygen atoms in total. The third-order valence-corrected chi connectivity index (χ3v) is 4.81. The van der Waals surface area contributed by atoms with Crippen LogP contribution in [0.15, 0.2) is 24.4 Å². The average Bonchev–Trinajstić information content (AvgIpc) is 3.14. The molecular weight excluding hydrogens is 382 g/mol. The number of nitrogen functional groups attached to an aromatic ring is 1. The first-order chi connectivity index (χ1) is 14.7. The largest absolute Gasteiger partial charge is 0.496 e. The maximum Gasteiger partial charge on any atom is 0.222 e. The Balaban J connectivity index is 1.83. The highest BCUT2D eigenvalue weighted by molar-refractivity contribution is 5.86. The smallest absolute Gasteiger partial charge is 0.222 e. The highest BCUT2D eigenvalue weighted by atomic mass is 16.5. The van der Waals surface area contributed by atoms with E-state index in [-0.39, 0.29) is 5.95 Å². The Hall–Kier alpha value is -2.91. The molecule has 4 N–H and O–H groups in total. The molecule has 3 rings (SSSR count). The Labute approximate surface area is 177 Å². The Morgan fingerprint density at radius 3 is 2.80 bits per heavy atom.